The van der Waals surface area contributed by atoms with Gasteiger partial charge in [0.2, 0.25) is 11.8 Å². The summed E-state index contributed by atoms with van der Waals surface area (Å²) in [5.74, 6) is -3.00. The predicted octanol–water partition coefficient (Wildman–Crippen LogP) is 4.06. The van der Waals surface area contributed by atoms with Crippen LogP contribution < -0.4 is 15.4 Å². The molecule has 2 aromatic rings. The smallest absolute Gasteiger partial charge is 0.410 e. The Morgan fingerprint density at radius 3 is 2.49 bits per heavy atom. The third-order valence-electron chi connectivity index (χ3n) is 9.75. The normalized spacial score (nSPS) is 26.3. The molecule has 4 aliphatic rings. The van der Waals surface area contributed by atoms with Crippen LogP contribution >= 0.6 is 23.2 Å². The van der Waals surface area contributed by atoms with Gasteiger partial charge in [-0.15, -0.1) is 0 Å². The third-order valence-corrected chi connectivity index (χ3v) is 11.7. The van der Waals surface area contributed by atoms with E-state index in [2.05, 4.69) is 15.4 Å². The molecule has 0 spiro atoms. The molecule has 1 saturated carbocycles. The van der Waals surface area contributed by atoms with Gasteiger partial charge in [0.15, 0.2) is 0 Å². The number of fused-ring (bicyclic) bond motifs is 3. The van der Waals surface area contributed by atoms with Crippen LogP contribution in [0.2, 0.25) is 10.0 Å². The van der Waals surface area contributed by atoms with E-state index in [0.717, 1.165) is 11.1 Å². The third kappa shape index (κ3) is 9.36. The van der Waals surface area contributed by atoms with Crippen LogP contribution in [0.4, 0.5) is 9.59 Å². The van der Waals surface area contributed by atoms with E-state index in [9.17, 15) is 32.4 Å². The number of halogens is 2. The summed E-state index contributed by atoms with van der Waals surface area (Å²) < 4.78 is 45.6. The second-order valence-corrected chi connectivity index (χ2v) is 17.5. The Kier molecular flexibility index (Phi) is 11.7. The first kappa shape index (κ1) is 40.3. The number of amides is 5. The fraction of sp³-hybridized carbons (Fsp3) is 0.486. The minimum atomic E-state index is -4.37. The van der Waals surface area contributed by atoms with E-state index in [1.165, 1.54) is 34.1 Å². The van der Waals surface area contributed by atoms with E-state index in [1.807, 2.05) is 6.07 Å². The highest BCUT2D eigenvalue weighted by Gasteiger charge is 2.61. The molecular weight excluding hydrogens is 777 g/mol. The summed E-state index contributed by atoms with van der Waals surface area (Å²) in [6, 6.07) is 8.12. The van der Waals surface area contributed by atoms with Crippen LogP contribution in [0.25, 0.3) is 0 Å². The molecule has 3 aliphatic heterocycles. The van der Waals surface area contributed by atoms with Gasteiger partial charge in [0.25, 0.3) is 15.9 Å². The van der Waals surface area contributed by atoms with Gasteiger partial charge >= 0.3 is 12.2 Å². The molecule has 0 aromatic heterocycles. The molecule has 5 atom stereocenters. The van der Waals surface area contributed by atoms with Crippen molar-refractivity contribution in [2.45, 2.75) is 93.8 Å². The Morgan fingerprint density at radius 1 is 1.04 bits per heavy atom. The first-order valence-electron chi connectivity index (χ1n) is 17.9. The number of nitrogens with zero attached hydrogens (tertiary/aromatic N) is 2. The number of nitrogens with one attached hydrogen (secondary N) is 3. The molecule has 2 aromatic carbocycles. The molecule has 3 N–H and O–H groups in total. The summed E-state index contributed by atoms with van der Waals surface area (Å²) in [4.78, 5) is 71.3. The quantitative estimate of drug-likeness (QED) is 0.371. The van der Waals surface area contributed by atoms with E-state index in [-0.39, 0.29) is 57.0 Å². The molecule has 1 saturated heterocycles. The van der Waals surface area contributed by atoms with Crippen LogP contribution in [0.1, 0.15) is 57.6 Å². The number of ether oxygens (including phenoxy) is 3. The standard InChI is InChI=1S/C37H43Cl2N5O10S/c1-36(2,3)54-34(48)40-29-14-16-52-15-5-4-8-23-18-37(23,33(47)42-55(50,51)26-12-10-24(38)11-13-26)41-31(45)30-17-25(20-44(30)32(29)46)53-35(49)43-19-22-7-6-9-28(39)27(22)21-43/h4,6-13,23,25,29-30H,5,14-21H2,1-3H3,(H,40,48)(H,41,45)(H,42,47)/b8-4-/t23-,25-,29+,30+,37-/m1/s1. The highest BCUT2D eigenvalue weighted by molar-refractivity contribution is 7.90. The van der Waals surface area contributed by atoms with Gasteiger partial charge in [0.1, 0.15) is 29.3 Å². The maximum absolute atomic E-state index is 14.3. The highest BCUT2D eigenvalue weighted by atomic mass is 35.5. The first-order valence-corrected chi connectivity index (χ1v) is 20.1. The minimum absolute atomic E-state index is 0.0292. The SMILES string of the molecule is CC(C)(C)OC(=O)N[C@H]1CCOCC/C=C\[C@@H]2C[C@@]2(C(=O)NS(=O)(=O)c2ccc(Cl)cc2)NC(=O)[C@@H]2C[C@@H](OC(=O)N3Cc4cccc(Cl)c4C3)CN2C1=O. The second kappa shape index (κ2) is 16.0. The fourth-order valence-electron chi connectivity index (χ4n) is 6.90. The Morgan fingerprint density at radius 2 is 1.78 bits per heavy atom. The van der Waals surface area contributed by atoms with Crippen LogP contribution in [-0.4, -0.2) is 97.2 Å². The molecule has 296 valence electrons. The molecule has 18 heteroatoms. The first-order chi connectivity index (χ1) is 26.0. The zero-order valence-electron chi connectivity index (χ0n) is 30.5. The van der Waals surface area contributed by atoms with E-state index in [0.29, 0.717) is 16.5 Å². The lowest BCUT2D eigenvalue weighted by Crippen LogP contribution is -2.58. The Balaban J connectivity index is 1.26. The van der Waals surface area contributed by atoms with Crippen LogP contribution in [0.5, 0.6) is 0 Å². The molecule has 5 amide bonds. The number of carbonyl (C=O) groups is 5. The van der Waals surface area contributed by atoms with Crippen LogP contribution in [0.3, 0.4) is 0 Å². The lowest BCUT2D eigenvalue weighted by Gasteiger charge is -2.30. The monoisotopic (exact) mass is 819 g/mol. The van der Waals surface area contributed by atoms with Crippen molar-refractivity contribution in [2.75, 3.05) is 19.8 Å². The van der Waals surface area contributed by atoms with Gasteiger partial charge in [-0.25, -0.2) is 22.7 Å². The van der Waals surface area contributed by atoms with Crippen LogP contribution in [0, 0.1) is 5.92 Å². The maximum atomic E-state index is 14.3. The molecule has 0 radical (unpaired) electrons. The van der Waals surface area contributed by atoms with Crippen molar-refractivity contribution in [1.29, 1.82) is 0 Å². The largest absolute Gasteiger partial charge is 0.444 e. The zero-order chi connectivity index (χ0) is 39.7. The van der Waals surface area contributed by atoms with E-state index >= 15 is 0 Å². The molecule has 55 heavy (non-hydrogen) atoms. The fourth-order valence-corrected chi connectivity index (χ4v) is 8.31. The molecule has 6 rings (SSSR count). The zero-order valence-corrected chi connectivity index (χ0v) is 32.8. The lowest BCUT2D eigenvalue weighted by atomic mass is 10.1. The average molecular weight is 821 g/mol. The molecular formula is C37H43Cl2N5O10S. The number of benzene rings is 2. The Bertz CT molecular complexity index is 1990. The van der Waals surface area contributed by atoms with E-state index in [4.69, 9.17) is 37.4 Å². The predicted molar refractivity (Wildman–Crippen MR) is 199 cm³/mol. The summed E-state index contributed by atoms with van der Waals surface area (Å²) in [7, 11) is -4.37. The van der Waals surface area contributed by atoms with Gasteiger partial charge in [0, 0.05) is 42.0 Å². The molecule has 2 fully saturated rings. The number of hydrogen-bond acceptors (Lipinski definition) is 10. The highest BCUT2D eigenvalue weighted by Crippen LogP contribution is 2.46. The summed E-state index contributed by atoms with van der Waals surface area (Å²) >= 11 is 12.3. The average Bonchev–Trinajstić information content (AvgIpc) is 3.40. The minimum Gasteiger partial charge on any atom is -0.444 e. The number of hydrogen-bond donors (Lipinski definition) is 3. The van der Waals surface area contributed by atoms with Gasteiger partial charge in [-0.1, -0.05) is 47.5 Å². The molecule has 15 nitrogen and oxygen atoms in total. The van der Waals surface area contributed by atoms with Gasteiger partial charge in [-0.2, -0.15) is 0 Å². The Labute approximate surface area is 329 Å². The molecule has 3 heterocycles. The summed E-state index contributed by atoms with van der Waals surface area (Å²) in [6.45, 7) is 5.57. The number of rotatable bonds is 5. The Hall–Kier alpha value is -4.38. The van der Waals surface area contributed by atoms with Crippen molar-refractivity contribution in [3.63, 3.8) is 0 Å². The topological polar surface area (TPSA) is 190 Å². The summed E-state index contributed by atoms with van der Waals surface area (Å²) in [6.07, 6.45) is 1.34. The van der Waals surface area contributed by atoms with Crippen LogP contribution in [0.15, 0.2) is 59.5 Å². The van der Waals surface area contributed by atoms with Crippen molar-refractivity contribution in [1.82, 2.24) is 25.2 Å². The number of sulfonamides is 1. The number of carbonyl (C=O) groups excluding carboxylic acids is 5. The van der Waals surface area contributed by atoms with Gasteiger partial charge < -0.3 is 29.7 Å². The summed E-state index contributed by atoms with van der Waals surface area (Å²) in [5.41, 5.74) is -0.901. The van der Waals surface area contributed by atoms with Crippen molar-refractivity contribution >= 4 is 63.1 Å². The molecule has 0 unspecified atom stereocenters. The van der Waals surface area contributed by atoms with Crippen molar-refractivity contribution in [2.24, 2.45) is 5.92 Å². The second-order valence-electron chi connectivity index (χ2n) is 15.0. The van der Waals surface area contributed by atoms with Crippen molar-refractivity contribution in [3.05, 3.63) is 75.8 Å². The van der Waals surface area contributed by atoms with Crippen molar-refractivity contribution in [3.8, 4) is 0 Å². The van der Waals surface area contributed by atoms with Crippen molar-refractivity contribution < 1.29 is 46.6 Å². The van der Waals surface area contributed by atoms with E-state index < -0.39 is 75.2 Å². The maximum Gasteiger partial charge on any atom is 0.410 e. The molecule has 0 bridgehead atoms. The van der Waals surface area contributed by atoms with Gasteiger partial charge in [-0.3, -0.25) is 19.3 Å². The van der Waals surface area contributed by atoms with Gasteiger partial charge in [0.05, 0.1) is 24.6 Å². The van der Waals surface area contributed by atoms with Crippen LogP contribution in [-0.2, 0) is 51.7 Å². The van der Waals surface area contributed by atoms with E-state index in [1.54, 1.807) is 45.1 Å². The number of alkyl carbamates (subject to hydrolysis) is 1. The lowest BCUT2D eigenvalue weighted by molar-refractivity contribution is -0.141. The summed E-state index contributed by atoms with van der Waals surface area (Å²) in [5, 5.41) is 6.17. The van der Waals surface area contributed by atoms with Gasteiger partial charge in [-0.05, 0) is 75.1 Å². The molecule has 1 aliphatic carbocycles.